The standard InChI is InChI=1S/C61H103NO13/c1-3-5-7-9-11-13-15-16-17-18-19-20-21-22-23-24-25-26-27-28-29-30-31-32-33-34-35-37-39-41-43-45-53(66)62-49(50(65)44-42-40-38-36-14-12-10-8-6-4-2)48-72-60-58(71)56(69)59(52(47-64)74-60)75-61-57(70)55(68)54(67)51(46-63)73-61/h5-8,11,13-14,16-17,19-20,22-23,36,42,44,49-52,54-61,63-65,67-71H,3-4,9-10,12,15,18,21,24-35,37-41,43,45-48H2,1-2H3,(H,62,66)/b7-5-,8-6+,13-11-,17-16-,20-19-,23-22-,36-14+,44-42+. The first kappa shape index (κ1) is 68.0. The summed E-state index contributed by atoms with van der Waals surface area (Å²) >= 11 is 0. The minimum atomic E-state index is -1.79. The molecular weight excluding hydrogens is 955 g/mol. The van der Waals surface area contributed by atoms with Crippen LogP contribution in [0.25, 0.3) is 0 Å². The van der Waals surface area contributed by atoms with Crippen molar-refractivity contribution >= 4 is 5.91 Å². The normalized spacial score (nSPS) is 25.8. The van der Waals surface area contributed by atoms with Crippen molar-refractivity contribution in [2.75, 3.05) is 19.8 Å². The second kappa shape index (κ2) is 45.9. The fourth-order valence-electron chi connectivity index (χ4n) is 8.89. The van der Waals surface area contributed by atoms with Gasteiger partial charge < -0.3 is 65.1 Å². The Morgan fingerprint density at radius 3 is 1.41 bits per heavy atom. The van der Waals surface area contributed by atoms with Gasteiger partial charge in [0.05, 0.1) is 32.0 Å². The Morgan fingerprint density at radius 1 is 0.480 bits per heavy atom. The molecule has 0 saturated carbocycles. The fraction of sp³-hybridized carbons (Fsp3) is 0.721. The summed E-state index contributed by atoms with van der Waals surface area (Å²) in [6, 6.07) is -0.941. The van der Waals surface area contributed by atoms with Gasteiger partial charge >= 0.3 is 0 Å². The number of ether oxygens (including phenoxy) is 4. The van der Waals surface area contributed by atoms with Crippen LogP contribution in [0.4, 0.5) is 0 Å². The highest BCUT2D eigenvalue weighted by atomic mass is 16.7. The predicted octanol–water partition coefficient (Wildman–Crippen LogP) is 9.49. The zero-order valence-corrected chi connectivity index (χ0v) is 46.0. The second-order valence-electron chi connectivity index (χ2n) is 20.0. The molecule has 2 aliphatic rings. The van der Waals surface area contributed by atoms with Crippen LogP contribution in [0, 0.1) is 0 Å². The molecule has 2 heterocycles. The lowest BCUT2D eigenvalue weighted by Gasteiger charge is -2.46. The lowest BCUT2D eigenvalue weighted by Crippen LogP contribution is -2.65. The maximum Gasteiger partial charge on any atom is 0.220 e. The first-order valence-electron chi connectivity index (χ1n) is 29.0. The third-order valence-electron chi connectivity index (χ3n) is 13.5. The van der Waals surface area contributed by atoms with E-state index in [1.165, 1.54) is 77.0 Å². The van der Waals surface area contributed by atoms with Crippen LogP contribution in [-0.2, 0) is 23.7 Å². The summed E-state index contributed by atoms with van der Waals surface area (Å²) in [5, 5.41) is 86.7. The van der Waals surface area contributed by atoms with E-state index in [9.17, 15) is 45.6 Å². The maximum atomic E-state index is 13.2. The van der Waals surface area contributed by atoms with Crippen LogP contribution in [0.15, 0.2) is 97.2 Å². The van der Waals surface area contributed by atoms with Gasteiger partial charge in [-0.05, 0) is 83.5 Å². The molecule has 0 spiro atoms. The van der Waals surface area contributed by atoms with E-state index in [4.69, 9.17) is 18.9 Å². The van der Waals surface area contributed by atoms with E-state index in [2.05, 4.69) is 104 Å². The van der Waals surface area contributed by atoms with Gasteiger partial charge in [0, 0.05) is 6.42 Å². The van der Waals surface area contributed by atoms with Crippen LogP contribution in [0.3, 0.4) is 0 Å². The van der Waals surface area contributed by atoms with Crippen LogP contribution in [-0.4, -0.2) is 140 Å². The fourth-order valence-corrected chi connectivity index (χ4v) is 8.89. The highest BCUT2D eigenvalue weighted by molar-refractivity contribution is 5.76. The second-order valence-corrected chi connectivity index (χ2v) is 20.0. The molecule has 75 heavy (non-hydrogen) atoms. The molecule has 0 aromatic heterocycles. The molecule has 14 heteroatoms. The lowest BCUT2D eigenvalue weighted by atomic mass is 9.97. The average Bonchev–Trinajstić information content (AvgIpc) is 3.41. The van der Waals surface area contributed by atoms with Gasteiger partial charge in [-0.1, -0.05) is 195 Å². The van der Waals surface area contributed by atoms with E-state index in [1.54, 1.807) is 6.08 Å². The highest BCUT2D eigenvalue weighted by Gasteiger charge is 2.51. The summed E-state index contributed by atoms with van der Waals surface area (Å²) in [7, 11) is 0. The molecule has 1 amide bonds. The van der Waals surface area contributed by atoms with Crippen molar-refractivity contribution in [1.29, 1.82) is 0 Å². The maximum absolute atomic E-state index is 13.2. The van der Waals surface area contributed by atoms with Gasteiger partial charge in [0.2, 0.25) is 5.91 Å². The van der Waals surface area contributed by atoms with E-state index in [0.29, 0.717) is 12.8 Å². The molecule has 0 radical (unpaired) electrons. The predicted molar refractivity (Wildman–Crippen MR) is 299 cm³/mol. The van der Waals surface area contributed by atoms with Crippen LogP contribution >= 0.6 is 0 Å². The summed E-state index contributed by atoms with van der Waals surface area (Å²) in [5.41, 5.74) is 0. The number of amides is 1. The van der Waals surface area contributed by atoms with Crippen molar-refractivity contribution in [2.45, 2.75) is 261 Å². The summed E-state index contributed by atoms with van der Waals surface area (Å²) in [4.78, 5) is 13.2. The van der Waals surface area contributed by atoms with Crippen molar-refractivity contribution in [3.05, 3.63) is 97.2 Å². The summed E-state index contributed by atoms with van der Waals surface area (Å²) in [6.07, 6.45) is 46.2. The van der Waals surface area contributed by atoms with Gasteiger partial charge in [0.1, 0.15) is 48.8 Å². The van der Waals surface area contributed by atoms with Crippen molar-refractivity contribution in [3.63, 3.8) is 0 Å². The SMILES string of the molecule is CC/C=C\C/C=C\C/C=C\C/C=C\C/C=C\CCCCCCCCCCCCCCCCCC(=O)NC(COC1OC(CO)C(OC2OC(CO)C(O)C(O)C2O)C(O)C1O)C(O)/C=C/CC/C=C/CC/C=C/CC. The number of hydrogen-bond acceptors (Lipinski definition) is 13. The van der Waals surface area contributed by atoms with Crippen molar-refractivity contribution in [3.8, 4) is 0 Å². The molecule has 2 aliphatic heterocycles. The third-order valence-corrected chi connectivity index (χ3v) is 13.5. The number of aliphatic hydroxyl groups is 8. The van der Waals surface area contributed by atoms with Gasteiger partial charge in [0.25, 0.3) is 0 Å². The van der Waals surface area contributed by atoms with Gasteiger partial charge in [-0.15, -0.1) is 0 Å². The Hall–Kier alpha value is -3.09. The number of rotatable bonds is 44. The molecule has 12 atom stereocenters. The van der Waals surface area contributed by atoms with Crippen LogP contribution in [0.1, 0.15) is 187 Å². The minimum Gasteiger partial charge on any atom is -0.394 e. The molecule has 14 nitrogen and oxygen atoms in total. The number of hydrogen-bond donors (Lipinski definition) is 9. The molecule has 0 aromatic carbocycles. The van der Waals surface area contributed by atoms with Crippen LogP contribution < -0.4 is 5.32 Å². The minimum absolute atomic E-state index is 0.260. The highest BCUT2D eigenvalue weighted by Crippen LogP contribution is 2.30. The smallest absolute Gasteiger partial charge is 0.220 e. The topological polar surface area (TPSA) is 228 Å². The first-order valence-corrected chi connectivity index (χ1v) is 29.0. The molecule has 12 unspecified atom stereocenters. The van der Waals surface area contributed by atoms with Crippen molar-refractivity contribution in [2.24, 2.45) is 0 Å². The quantitative estimate of drug-likeness (QED) is 0.0205. The van der Waals surface area contributed by atoms with Crippen molar-refractivity contribution < 1.29 is 64.6 Å². The molecule has 0 aromatic rings. The molecule has 0 bridgehead atoms. The van der Waals surface area contributed by atoms with Gasteiger partial charge in [-0.2, -0.15) is 0 Å². The third kappa shape index (κ3) is 31.8. The lowest BCUT2D eigenvalue weighted by molar-refractivity contribution is -0.359. The Morgan fingerprint density at radius 2 is 0.893 bits per heavy atom. The van der Waals surface area contributed by atoms with E-state index in [1.807, 2.05) is 6.08 Å². The van der Waals surface area contributed by atoms with Crippen LogP contribution in [0.5, 0.6) is 0 Å². The number of nitrogens with one attached hydrogen (secondary N) is 1. The zero-order valence-electron chi connectivity index (χ0n) is 46.0. The summed E-state index contributed by atoms with van der Waals surface area (Å²) in [6.45, 7) is 2.51. The van der Waals surface area contributed by atoms with Crippen molar-refractivity contribution in [1.82, 2.24) is 5.32 Å². The van der Waals surface area contributed by atoms with E-state index in [-0.39, 0.29) is 18.9 Å². The molecule has 0 aliphatic carbocycles. The Kier molecular flexibility index (Phi) is 41.6. The summed E-state index contributed by atoms with van der Waals surface area (Å²) < 4.78 is 22.7. The molecule has 2 rings (SSSR count). The summed E-state index contributed by atoms with van der Waals surface area (Å²) in [5.74, 6) is -0.260. The first-order chi connectivity index (χ1) is 36.6. The molecule has 2 fully saturated rings. The van der Waals surface area contributed by atoms with Gasteiger partial charge in [-0.3, -0.25) is 4.79 Å². The molecular formula is C61H103NO13. The number of allylic oxidation sites excluding steroid dienone is 15. The number of aliphatic hydroxyl groups excluding tert-OH is 8. The zero-order chi connectivity index (χ0) is 54.6. The Labute approximate surface area is 452 Å². The monoisotopic (exact) mass is 1060 g/mol. The average molecular weight is 1060 g/mol. The van der Waals surface area contributed by atoms with E-state index >= 15 is 0 Å². The molecule has 430 valence electrons. The number of unbranched alkanes of at least 4 members (excludes halogenated alkanes) is 17. The van der Waals surface area contributed by atoms with E-state index in [0.717, 1.165) is 77.0 Å². The number of carbonyl (C=O) groups excluding carboxylic acids is 1. The van der Waals surface area contributed by atoms with E-state index < -0.39 is 86.8 Å². The molecule has 2 saturated heterocycles. The van der Waals surface area contributed by atoms with Gasteiger partial charge in [-0.25, -0.2) is 0 Å². The Balaban J connectivity index is 1.66. The number of carbonyl (C=O) groups is 1. The van der Waals surface area contributed by atoms with Crippen LogP contribution in [0.2, 0.25) is 0 Å². The Bertz CT molecular complexity index is 1620. The largest absolute Gasteiger partial charge is 0.394 e. The van der Waals surface area contributed by atoms with Gasteiger partial charge in [0.15, 0.2) is 12.6 Å². The molecule has 9 N–H and O–H groups in total.